The zero-order chi connectivity index (χ0) is 14.1. The van der Waals surface area contributed by atoms with Crippen LogP contribution < -0.4 is 16.4 Å². The predicted molar refractivity (Wildman–Crippen MR) is 74.3 cm³/mol. The van der Waals surface area contributed by atoms with Crippen LogP contribution in [0.25, 0.3) is 0 Å². The Balaban J connectivity index is 2.60. The molecule has 0 aliphatic heterocycles. The lowest BCUT2D eigenvalue weighted by Gasteiger charge is -2.18. The molecular weight excluding hydrogens is 242 g/mol. The molecule has 5 heteroatoms. The summed E-state index contributed by atoms with van der Waals surface area (Å²) < 4.78 is 0. The van der Waals surface area contributed by atoms with Gasteiger partial charge < -0.3 is 16.4 Å². The van der Waals surface area contributed by atoms with E-state index in [0.717, 1.165) is 12.0 Å². The molecule has 0 radical (unpaired) electrons. The monoisotopic (exact) mass is 263 g/mol. The molecule has 0 fully saturated rings. The molecule has 0 aromatic heterocycles. The first-order valence-electron chi connectivity index (χ1n) is 6.42. The third kappa shape index (κ3) is 6.01. The average Bonchev–Trinajstić information content (AvgIpc) is 2.39. The molecule has 1 atom stereocenters. The van der Waals surface area contributed by atoms with Crippen LogP contribution >= 0.6 is 0 Å². The molecule has 1 aromatic carbocycles. The fraction of sp³-hybridized carbons (Fsp3) is 0.429. The van der Waals surface area contributed by atoms with Crippen LogP contribution in [-0.2, 0) is 9.59 Å². The van der Waals surface area contributed by atoms with Crippen molar-refractivity contribution in [3.63, 3.8) is 0 Å². The van der Waals surface area contributed by atoms with Gasteiger partial charge in [0.25, 0.3) is 0 Å². The summed E-state index contributed by atoms with van der Waals surface area (Å²) in [5.41, 5.74) is 6.29. The Morgan fingerprint density at radius 3 is 2.53 bits per heavy atom. The highest BCUT2D eigenvalue weighted by Crippen LogP contribution is 2.16. The van der Waals surface area contributed by atoms with E-state index in [4.69, 9.17) is 5.73 Å². The number of hydrogen-bond donors (Lipinski definition) is 3. The molecule has 0 bridgehead atoms. The van der Waals surface area contributed by atoms with Gasteiger partial charge in [-0.2, -0.15) is 0 Å². The second kappa shape index (κ2) is 8.26. The lowest BCUT2D eigenvalue weighted by molar-refractivity contribution is -0.122. The van der Waals surface area contributed by atoms with E-state index in [-0.39, 0.29) is 24.3 Å². The summed E-state index contributed by atoms with van der Waals surface area (Å²) in [5, 5.41) is 5.58. The number of benzene rings is 1. The first kappa shape index (κ1) is 15.2. The molecule has 104 valence electrons. The van der Waals surface area contributed by atoms with Crippen LogP contribution in [0.3, 0.4) is 0 Å². The molecule has 1 aromatic rings. The van der Waals surface area contributed by atoms with Gasteiger partial charge in [0.05, 0.1) is 12.5 Å². The van der Waals surface area contributed by atoms with Crippen molar-refractivity contribution >= 4 is 11.8 Å². The predicted octanol–water partition coefficient (Wildman–Crippen LogP) is 0.719. The number of nitrogens with one attached hydrogen (secondary N) is 2. The van der Waals surface area contributed by atoms with Gasteiger partial charge >= 0.3 is 0 Å². The topological polar surface area (TPSA) is 84.2 Å². The van der Waals surface area contributed by atoms with Crippen molar-refractivity contribution < 1.29 is 9.59 Å². The van der Waals surface area contributed by atoms with E-state index in [2.05, 4.69) is 10.6 Å². The van der Waals surface area contributed by atoms with Crippen molar-refractivity contribution in [2.75, 3.05) is 13.1 Å². The molecule has 1 unspecified atom stereocenters. The largest absolute Gasteiger partial charge is 0.356 e. The Labute approximate surface area is 113 Å². The van der Waals surface area contributed by atoms with Crippen molar-refractivity contribution in [1.29, 1.82) is 0 Å². The van der Waals surface area contributed by atoms with Crippen molar-refractivity contribution in [3.05, 3.63) is 35.9 Å². The molecule has 0 aliphatic rings. The van der Waals surface area contributed by atoms with Gasteiger partial charge in [0.2, 0.25) is 11.8 Å². The number of amides is 2. The first-order chi connectivity index (χ1) is 9.13. The highest BCUT2D eigenvalue weighted by molar-refractivity contribution is 5.79. The van der Waals surface area contributed by atoms with E-state index in [1.165, 1.54) is 6.92 Å². The van der Waals surface area contributed by atoms with Crippen LogP contribution in [0, 0.1) is 0 Å². The number of nitrogens with two attached hydrogens (primary N) is 1. The van der Waals surface area contributed by atoms with Crippen LogP contribution in [-0.4, -0.2) is 24.9 Å². The fourth-order valence-corrected chi connectivity index (χ4v) is 1.77. The Kier molecular flexibility index (Phi) is 6.60. The van der Waals surface area contributed by atoms with E-state index in [1.807, 2.05) is 30.3 Å². The van der Waals surface area contributed by atoms with Crippen LogP contribution in [0.15, 0.2) is 30.3 Å². The zero-order valence-electron chi connectivity index (χ0n) is 11.2. The lowest BCUT2D eigenvalue weighted by Crippen LogP contribution is -2.33. The van der Waals surface area contributed by atoms with Crippen LogP contribution in [0.5, 0.6) is 0 Å². The highest BCUT2D eigenvalue weighted by atomic mass is 16.2. The number of rotatable bonds is 7. The van der Waals surface area contributed by atoms with Crippen molar-refractivity contribution in [3.8, 4) is 0 Å². The van der Waals surface area contributed by atoms with Crippen LogP contribution in [0.4, 0.5) is 0 Å². The molecule has 2 amide bonds. The van der Waals surface area contributed by atoms with Crippen LogP contribution in [0.2, 0.25) is 0 Å². The fourth-order valence-electron chi connectivity index (χ4n) is 1.77. The molecule has 0 saturated heterocycles. The van der Waals surface area contributed by atoms with E-state index in [9.17, 15) is 9.59 Å². The molecule has 5 nitrogen and oxygen atoms in total. The minimum absolute atomic E-state index is 0.0870. The minimum Gasteiger partial charge on any atom is -0.356 e. The average molecular weight is 263 g/mol. The smallest absolute Gasteiger partial charge is 0.222 e. The molecule has 0 heterocycles. The maximum Gasteiger partial charge on any atom is 0.222 e. The van der Waals surface area contributed by atoms with Gasteiger partial charge in [-0.05, 0) is 18.5 Å². The Bertz CT molecular complexity index is 406. The summed E-state index contributed by atoms with van der Waals surface area (Å²) in [5.74, 6) is -0.236. The van der Waals surface area contributed by atoms with Crippen molar-refractivity contribution in [2.24, 2.45) is 5.73 Å². The van der Waals surface area contributed by atoms with E-state index < -0.39 is 0 Å². The maximum absolute atomic E-state index is 11.8. The van der Waals surface area contributed by atoms with Gasteiger partial charge in [-0.25, -0.2) is 0 Å². The summed E-state index contributed by atoms with van der Waals surface area (Å²) >= 11 is 0. The number of hydrogen-bond acceptors (Lipinski definition) is 3. The second-order valence-electron chi connectivity index (χ2n) is 4.36. The van der Waals surface area contributed by atoms with Gasteiger partial charge in [0, 0.05) is 13.5 Å². The van der Waals surface area contributed by atoms with E-state index >= 15 is 0 Å². The normalized spacial score (nSPS) is 11.7. The first-order valence-corrected chi connectivity index (χ1v) is 6.42. The quantitative estimate of drug-likeness (QED) is 0.634. The Morgan fingerprint density at radius 2 is 1.95 bits per heavy atom. The summed E-state index contributed by atoms with van der Waals surface area (Å²) in [6.07, 6.45) is 0.982. The van der Waals surface area contributed by atoms with E-state index in [0.29, 0.717) is 13.1 Å². The summed E-state index contributed by atoms with van der Waals surface area (Å²) in [4.78, 5) is 23.0. The summed E-state index contributed by atoms with van der Waals surface area (Å²) in [7, 11) is 0. The molecule has 0 saturated carbocycles. The molecule has 0 aliphatic carbocycles. The third-order valence-corrected chi connectivity index (χ3v) is 2.67. The lowest BCUT2D eigenvalue weighted by atomic mass is 10.0. The van der Waals surface area contributed by atoms with Gasteiger partial charge in [-0.15, -0.1) is 0 Å². The summed E-state index contributed by atoms with van der Waals surface area (Å²) in [6.45, 7) is 2.56. The Morgan fingerprint density at radius 1 is 1.26 bits per heavy atom. The molecule has 0 spiro atoms. The van der Waals surface area contributed by atoms with Gasteiger partial charge in [-0.1, -0.05) is 30.3 Å². The SMILES string of the molecule is CC(=O)NC(CC(=O)NCCCN)c1ccccc1. The van der Waals surface area contributed by atoms with Crippen LogP contribution in [0.1, 0.15) is 31.4 Å². The summed E-state index contributed by atoms with van der Waals surface area (Å²) in [6, 6.07) is 9.17. The van der Waals surface area contributed by atoms with Gasteiger partial charge in [0.1, 0.15) is 0 Å². The molecular formula is C14H21N3O2. The van der Waals surface area contributed by atoms with Crippen molar-refractivity contribution in [2.45, 2.75) is 25.8 Å². The number of carbonyl (C=O) groups is 2. The molecule has 19 heavy (non-hydrogen) atoms. The second-order valence-corrected chi connectivity index (χ2v) is 4.36. The molecule has 4 N–H and O–H groups in total. The zero-order valence-corrected chi connectivity index (χ0v) is 11.2. The Hall–Kier alpha value is -1.88. The van der Waals surface area contributed by atoms with Gasteiger partial charge in [-0.3, -0.25) is 9.59 Å². The third-order valence-electron chi connectivity index (χ3n) is 2.67. The van der Waals surface area contributed by atoms with Gasteiger partial charge in [0.15, 0.2) is 0 Å². The van der Waals surface area contributed by atoms with Crippen molar-refractivity contribution in [1.82, 2.24) is 10.6 Å². The number of carbonyl (C=O) groups excluding carboxylic acids is 2. The highest BCUT2D eigenvalue weighted by Gasteiger charge is 2.16. The standard InChI is InChI=1S/C14H21N3O2/c1-11(18)17-13(12-6-3-2-4-7-12)10-14(19)16-9-5-8-15/h2-4,6-7,13H,5,8-10,15H2,1H3,(H,16,19)(H,17,18). The molecule has 1 rings (SSSR count). The van der Waals surface area contributed by atoms with E-state index in [1.54, 1.807) is 0 Å². The maximum atomic E-state index is 11.8. The minimum atomic E-state index is -0.295.